The first kappa shape index (κ1) is 12.6. The summed E-state index contributed by atoms with van der Waals surface area (Å²) < 4.78 is 0.421. The molecule has 1 aliphatic carbocycles. The summed E-state index contributed by atoms with van der Waals surface area (Å²) in [5, 5.41) is 11.2. The van der Waals surface area contributed by atoms with Crippen LogP contribution in [0.3, 0.4) is 0 Å². The Bertz CT molecular complexity index is 553. The SMILES string of the molecule is O=C1C2CCC(CC2)N1c1cccc(Br)c1[N+](=O)[O-]. The van der Waals surface area contributed by atoms with E-state index in [1.807, 2.05) is 0 Å². The van der Waals surface area contributed by atoms with Crippen LogP contribution in [0.25, 0.3) is 0 Å². The van der Waals surface area contributed by atoms with Gasteiger partial charge >= 0.3 is 5.69 Å². The molecular formula is C13H13BrN2O3. The Morgan fingerprint density at radius 3 is 2.53 bits per heavy atom. The number of hydrogen-bond donors (Lipinski definition) is 0. The number of fused-ring (bicyclic) bond motifs is 3. The van der Waals surface area contributed by atoms with Crippen LogP contribution >= 0.6 is 15.9 Å². The van der Waals surface area contributed by atoms with Crippen LogP contribution in [-0.2, 0) is 4.79 Å². The van der Waals surface area contributed by atoms with Gasteiger partial charge in [-0.1, -0.05) is 6.07 Å². The van der Waals surface area contributed by atoms with Crippen molar-refractivity contribution < 1.29 is 9.72 Å². The predicted molar refractivity (Wildman–Crippen MR) is 74.0 cm³/mol. The third kappa shape index (κ3) is 1.94. The Kier molecular flexibility index (Phi) is 3.05. The van der Waals surface area contributed by atoms with E-state index >= 15 is 0 Å². The number of benzene rings is 1. The van der Waals surface area contributed by atoms with Gasteiger partial charge in [-0.15, -0.1) is 0 Å². The Morgan fingerprint density at radius 2 is 1.95 bits per heavy atom. The van der Waals surface area contributed by atoms with E-state index in [2.05, 4.69) is 15.9 Å². The highest BCUT2D eigenvalue weighted by atomic mass is 79.9. The van der Waals surface area contributed by atoms with Gasteiger partial charge in [0.25, 0.3) is 0 Å². The maximum absolute atomic E-state index is 12.4. The van der Waals surface area contributed by atoms with Crippen LogP contribution in [0.4, 0.5) is 11.4 Å². The number of carbonyl (C=O) groups excluding carboxylic acids is 1. The second kappa shape index (κ2) is 4.59. The predicted octanol–water partition coefficient (Wildman–Crippen LogP) is 3.26. The van der Waals surface area contributed by atoms with E-state index in [1.165, 1.54) is 0 Å². The highest BCUT2D eigenvalue weighted by Gasteiger charge is 2.43. The quantitative estimate of drug-likeness (QED) is 0.619. The second-order valence-electron chi connectivity index (χ2n) is 5.08. The minimum absolute atomic E-state index is 0.0107. The molecule has 3 fully saturated rings. The van der Waals surface area contributed by atoms with Crippen molar-refractivity contribution in [2.45, 2.75) is 31.7 Å². The van der Waals surface area contributed by atoms with Gasteiger partial charge in [-0.2, -0.15) is 0 Å². The highest BCUT2D eigenvalue weighted by Crippen LogP contribution is 2.43. The summed E-state index contributed by atoms with van der Waals surface area (Å²) in [6.07, 6.45) is 3.73. The first-order chi connectivity index (χ1) is 9.09. The molecule has 3 aliphatic rings. The molecule has 0 unspecified atom stereocenters. The number of amides is 1. The number of halogens is 1. The van der Waals surface area contributed by atoms with E-state index in [4.69, 9.17) is 0 Å². The lowest BCUT2D eigenvalue weighted by molar-refractivity contribution is -0.384. The molecule has 0 spiro atoms. The Balaban J connectivity index is 2.10. The maximum Gasteiger partial charge on any atom is 0.307 e. The molecule has 0 radical (unpaired) electrons. The van der Waals surface area contributed by atoms with Gasteiger partial charge in [-0.25, -0.2) is 0 Å². The molecule has 0 atom stereocenters. The summed E-state index contributed by atoms with van der Waals surface area (Å²) in [4.78, 5) is 24.8. The topological polar surface area (TPSA) is 63.5 Å². The molecule has 2 saturated heterocycles. The number of rotatable bonds is 2. The van der Waals surface area contributed by atoms with E-state index in [1.54, 1.807) is 23.1 Å². The van der Waals surface area contributed by atoms with E-state index in [9.17, 15) is 14.9 Å². The molecule has 0 N–H and O–H groups in total. The number of nitro benzene ring substituents is 1. The fourth-order valence-electron chi connectivity index (χ4n) is 3.15. The molecule has 1 saturated carbocycles. The normalized spacial score (nSPS) is 25.7. The molecule has 100 valence electrons. The standard InChI is InChI=1S/C13H13BrN2O3/c14-10-2-1-3-11(12(10)16(18)19)15-9-6-4-8(5-7-9)13(15)17/h1-3,8-9H,4-7H2. The van der Waals surface area contributed by atoms with Crippen LogP contribution in [0, 0.1) is 16.0 Å². The fraction of sp³-hybridized carbons (Fsp3) is 0.462. The molecule has 6 heteroatoms. The van der Waals surface area contributed by atoms with Gasteiger partial charge in [-0.05, 0) is 53.7 Å². The van der Waals surface area contributed by atoms with E-state index < -0.39 is 4.92 Å². The number of nitro groups is 1. The van der Waals surface area contributed by atoms with Crippen molar-refractivity contribution in [2.24, 2.45) is 5.92 Å². The average Bonchev–Trinajstić information content (AvgIpc) is 2.39. The lowest BCUT2D eigenvalue weighted by Crippen LogP contribution is -2.52. The van der Waals surface area contributed by atoms with Gasteiger partial charge in [0.2, 0.25) is 5.91 Å². The van der Waals surface area contributed by atoms with Gasteiger partial charge in [0.05, 0.1) is 9.40 Å². The van der Waals surface area contributed by atoms with Crippen molar-refractivity contribution in [1.29, 1.82) is 0 Å². The molecule has 4 rings (SSSR count). The van der Waals surface area contributed by atoms with Gasteiger partial charge in [0.15, 0.2) is 0 Å². The van der Waals surface area contributed by atoms with Crippen molar-refractivity contribution in [1.82, 2.24) is 0 Å². The molecule has 0 aromatic heterocycles. The number of para-hydroxylation sites is 1. The summed E-state index contributed by atoms with van der Waals surface area (Å²) in [5.74, 6) is 0.0901. The summed E-state index contributed by atoms with van der Waals surface area (Å²) >= 11 is 3.21. The zero-order chi connectivity index (χ0) is 13.6. The van der Waals surface area contributed by atoms with Crippen LogP contribution in [0.5, 0.6) is 0 Å². The lowest BCUT2D eigenvalue weighted by Gasteiger charge is -2.44. The lowest BCUT2D eigenvalue weighted by atomic mass is 9.79. The largest absolute Gasteiger partial charge is 0.307 e. The summed E-state index contributed by atoms with van der Waals surface area (Å²) in [6, 6.07) is 5.16. The van der Waals surface area contributed by atoms with Crippen LogP contribution in [0.1, 0.15) is 25.7 Å². The number of nitrogens with zero attached hydrogens (tertiary/aromatic N) is 2. The summed E-state index contributed by atoms with van der Waals surface area (Å²) in [5.41, 5.74) is 0.419. The van der Waals surface area contributed by atoms with Crippen LogP contribution in [0.2, 0.25) is 0 Å². The fourth-order valence-corrected chi connectivity index (χ4v) is 3.65. The van der Waals surface area contributed by atoms with Crippen molar-refractivity contribution in [3.63, 3.8) is 0 Å². The van der Waals surface area contributed by atoms with Crippen LogP contribution < -0.4 is 4.90 Å². The van der Waals surface area contributed by atoms with Gasteiger partial charge in [-0.3, -0.25) is 14.9 Å². The Labute approximate surface area is 118 Å². The summed E-state index contributed by atoms with van der Waals surface area (Å²) in [7, 11) is 0. The molecule has 1 aromatic carbocycles. The van der Waals surface area contributed by atoms with Crippen molar-refractivity contribution in [2.75, 3.05) is 4.90 Å². The average molecular weight is 325 g/mol. The Hall–Kier alpha value is -1.43. The first-order valence-corrected chi connectivity index (χ1v) is 7.15. The van der Waals surface area contributed by atoms with Crippen molar-refractivity contribution >= 4 is 33.2 Å². The minimum Gasteiger partial charge on any atom is -0.303 e. The second-order valence-corrected chi connectivity index (χ2v) is 5.93. The van der Waals surface area contributed by atoms with Crippen LogP contribution in [-0.4, -0.2) is 16.9 Å². The first-order valence-electron chi connectivity index (χ1n) is 6.35. The van der Waals surface area contributed by atoms with Crippen molar-refractivity contribution in [3.05, 3.63) is 32.8 Å². The molecular weight excluding hydrogens is 312 g/mol. The number of anilines is 1. The molecule has 1 aromatic rings. The molecule has 2 heterocycles. The third-order valence-electron chi connectivity index (χ3n) is 4.06. The maximum atomic E-state index is 12.4. The smallest absolute Gasteiger partial charge is 0.303 e. The van der Waals surface area contributed by atoms with Gasteiger partial charge in [0, 0.05) is 12.0 Å². The molecule has 5 nitrogen and oxygen atoms in total. The molecule has 1 amide bonds. The minimum atomic E-state index is -0.422. The number of hydrogen-bond acceptors (Lipinski definition) is 3. The molecule has 2 bridgehead atoms. The van der Waals surface area contributed by atoms with Gasteiger partial charge < -0.3 is 4.90 Å². The zero-order valence-corrected chi connectivity index (χ0v) is 11.8. The van der Waals surface area contributed by atoms with Gasteiger partial charge in [0.1, 0.15) is 5.69 Å². The monoisotopic (exact) mass is 324 g/mol. The van der Waals surface area contributed by atoms with E-state index in [-0.39, 0.29) is 23.6 Å². The number of piperidine rings is 2. The Morgan fingerprint density at radius 1 is 1.26 bits per heavy atom. The molecule has 2 aliphatic heterocycles. The van der Waals surface area contributed by atoms with Crippen LogP contribution in [0.15, 0.2) is 22.7 Å². The van der Waals surface area contributed by atoms with E-state index in [0.29, 0.717) is 10.2 Å². The zero-order valence-electron chi connectivity index (χ0n) is 10.2. The van der Waals surface area contributed by atoms with Crippen molar-refractivity contribution in [3.8, 4) is 0 Å². The number of carbonyl (C=O) groups is 1. The summed E-state index contributed by atoms with van der Waals surface area (Å²) in [6.45, 7) is 0. The third-order valence-corrected chi connectivity index (χ3v) is 4.70. The van der Waals surface area contributed by atoms with E-state index in [0.717, 1.165) is 25.7 Å². The highest BCUT2D eigenvalue weighted by molar-refractivity contribution is 9.10. The molecule has 19 heavy (non-hydrogen) atoms.